The lowest BCUT2D eigenvalue weighted by Gasteiger charge is -2.17. The summed E-state index contributed by atoms with van der Waals surface area (Å²) in [6.07, 6.45) is -1.20. The van der Waals surface area contributed by atoms with Crippen molar-refractivity contribution >= 4 is 19.5 Å². The molecule has 0 fully saturated rings. The first kappa shape index (κ1) is 17.3. The maximum atomic E-state index is 13.3. The Labute approximate surface area is 119 Å². The minimum atomic E-state index is -3.97. The molecule has 1 rings (SSSR count). The number of aliphatic carboxylic acids is 2. The number of rotatable bonds is 7. The standard InChI is InChI=1S/C12H15FNO6P/c13-8-2-1-7(6-21(14,19)20)10(5-8)9(12(17)18)3-4-11(15)16/h1-2,5,9H,3-4,6H2,(H,15,16)(H,17,18)(H3,14,19,20). The normalized spacial score (nSPS) is 15.2. The largest absolute Gasteiger partial charge is 0.481 e. The highest BCUT2D eigenvalue weighted by atomic mass is 31.2. The zero-order valence-electron chi connectivity index (χ0n) is 10.9. The number of carboxylic acid groups (broad SMARTS) is 2. The third-order valence-electron chi connectivity index (χ3n) is 2.83. The van der Waals surface area contributed by atoms with Crippen LogP contribution >= 0.6 is 7.52 Å². The van der Waals surface area contributed by atoms with Gasteiger partial charge < -0.3 is 15.1 Å². The van der Waals surface area contributed by atoms with Crippen LogP contribution < -0.4 is 5.50 Å². The second-order valence-corrected chi connectivity index (χ2v) is 6.41. The van der Waals surface area contributed by atoms with Gasteiger partial charge in [-0.05, 0) is 29.7 Å². The monoisotopic (exact) mass is 319 g/mol. The van der Waals surface area contributed by atoms with Gasteiger partial charge in [0.1, 0.15) is 5.82 Å². The number of nitrogens with two attached hydrogens (primary N) is 1. The maximum absolute atomic E-state index is 13.3. The van der Waals surface area contributed by atoms with Crippen molar-refractivity contribution in [2.24, 2.45) is 5.50 Å². The second kappa shape index (κ2) is 6.80. The van der Waals surface area contributed by atoms with Crippen LogP contribution in [0.1, 0.15) is 29.9 Å². The molecule has 0 amide bonds. The van der Waals surface area contributed by atoms with Crippen molar-refractivity contribution in [3.63, 3.8) is 0 Å². The summed E-state index contributed by atoms with van der Waals surface area (Å²) in [6.45, 7) is 0. The number of carboxylic acids is 2. The molecular weight excluding hydrogens is 304 g/mol. The van der Waals surface area contributed by atoms with Crippen molar-refractivity contribution in [1.82, 2.24) is 0 Å². The molecule has 0 radical (unpaired) electrons. The van der Waals surface area contributed by atoms with Crippen molar-refractivity contribution in [2.75, 3.05) is 0 Å². The van der Waals surface area contributed by atoms with E-state index >= 15 is 0 Å². The van der Waals surface area contributed by atoms with Crippen LogP contribution in [0.25, 0.3) is 0 Å². The summed E-state index contributed by atoms with van der Waals surface area (Å²) in [5.41, 5.74) is 5.12. The quantitative estimate of drug-likeness (QED) is 0.559. The average molecular weight is 319 g/mol. The summed E-state index contributed by atoms with van der Waals surface area (Å²) in [6, 6.07) is 3.12. The van der Waals surface area contributed by atoms with Gasteiger partial charge in [0, 0.05) is 6.42 Å². The van der Waals surface area contributed by atoms with Gasteiger partial charge in [0.2, 0.25) is 0 Å². The van der Waals surface area contributed by atoms with E-state index in [4.69, 9.17) is 10.6 Å². The minimum absolute atomic E-state index is 0.0384. The van der Waals surface area contributed by atoms with Crippen LogP contribution in [0.5, 0.6) is 0 Å². The highest BCUT2D eigenvalue weighted by Gasteiger charge is 2.26. The number of carbonyl (C=O) groups is 2. The molecule has 0 spiro atoms. The van der Waals surface area contributed by atoms with Gasteiger partial charge in [0.15, 0.2) is 0 Å². The molecule has 0 saturated carbocycles. The van der Waals surface area contributed by atoms with Gasteiger partial charge in [-0.3, -0.25) is 19.7 Å². The molecule has 0 aliphatic rings. The molecule has 9 heteroatoms. The van der Waals surface area contributed by atoms with E-state index in [0.717, 1.165) is 12.1 Å². The Morgan fingerprint density at radius 3 is 2.43 bits per heavy atom. The smallest absolute Gasteiger partial charge is 0.310 e. The molecule has 0 aliphatic heterocycles. The Kier molecular flexibility index (Phi) is 5.60. The number of halogens is 1. The first-order valence-corrected chi connectivity index (χ1v) is 7.85. The van der Waals surface area contributed by atoms with Gasteiger partial charge in [-0.2, -0.15) is 0 Å². The fraction of sp³-hybridized carbons (Fsp3) is 0.333. The molecule has 0 aliphatic carbocycles. The predicted molar refractivity (Wildman–Crippen MR) is 71.4 cm³/mol. The summed E-state index contributed by atoms with van der Waals surface area (Å²) in [7, 11) is -3.97. The van der Waals surface area contributed by atoms with Crippen LogP contribution in [0.2, 0.25) is 0 Å². The van der Waals surface area contributed by atoms with Gasteiger partial charge in [0.25, 0.3) is 7.52 Å². The SMILES string of the molecule is NP(=O)(O)Cc1ccc(F)cc1C(CCC(=O)O)C(=O)O. The summed E-state index contributed by atoms with van der Waals surface area (Å²) in [4.78, 5) is 31.0. The van der Waals surface area contributed by atoms with Crippen LogP contribution in [0.15, 0.2) is 18.2 Å². The van der Waals surface area contributed by atoms with Crippen LogP contribution in [0.4, 0.5) is 4.39 Å². The van der Waals surface area contributed by atoms with Crippen molar-refractivity contribution < 1.29 is 33.7 Å². The third kappa shape index (κ3) is 5.63. The fourth-order valence-electron chi connectivity index (χ4n) is 1.96. The van der Waals surface area contributed by atoms with Crippen LogP contribution in [-0.4, -0.2) is 27.0 Å². The van der Waals surface area contributed by atoms with Crippen LogP contribution in [-0.2, 0) is 20.3 Å². The highest BCUT2D eigenvalue weighted by molar-refractivity contribution is 7.54. The van der Waals surface area contributed by atoms with Crippen molar-refractivity contribution in [3.8, 4) is 0 Å². The molecule has 2 atom stereocenters. The molecule has 0 aromatic heterocycles. The zero-order chi connectivity index (χ0) is 16.2. The van der Waals surface area contributed by atoms with Gasteiger partial charge in [-0.1, -0.05) is 6.07 Å². The highest BCUT2D eigenvalue weighted by Crippen LogP contribution is 2.38. The second-order valence-electron chi connectivity index (χ2n) is 4.58. The summed E-state index contributed by atoms with van der Waals surface area (Å²) in [5, 5.41) is 17.8. The molecule has 116 valence electrons. The Hall–Kier alpha value is -1.76. The van der Waals surface area contributed by atoms with Gasteiger partial charge >= 0.3 is 11.9 Å². The van der Waals surface area contributed by atoms with Crippen molar-refractivity contribution in [3.05, 3.63) is 35.1 Å². The lowest BCUT2D eigenvalue weighted by atomic mass is 9.91. The first-order valence-electron chi connectivity index (χ1n) is 5.93. The molecule has 5 N–H and O–H groups in total. The minimum Gasteiger partial charge on any atom is -0.481 e. The number of hydrogen-bond donors (Lipinski definition) is 4. The average Bonchev–Trinajstić information content (AvgIpc) is 2.30. The molecule has 1 aromatic carbocycles. The lowest BCUT2D eigenvalue weighted by Crippen LogP contribution is -2.16. The maximum Gasteiger partial charge on any atom is 0.310 e. The Balaban J connectivity index is 3.21. The Morgan fingerprint density at radius 2 is 1.95 bits per heavy atom. The van der Waals surface area contributed by atoms with E-state index in [-0.39, 0.29) is 17.5 Å². The molecule has 1 aromatic rings. The van der Waals surface area contributed by atoms with E-state index in [9.17, 15) is 28.5 Å². The first-order chi connectivity index (χ1) is 9.60. The summed E-state index contributed by atoms with van der Waals surface area (Å²) >= 11 is 0. The molecule has 0 saturated heterocycles. The Morgan fingerprint density at radius 1 is 1.33 bits per heavy atom. The van der Waals surface area contributed by atoms with E-state index in [0.29, 0.717) is 0 Å². The van der Waals surface area contributed by atoms with Crippen molar-refractivity contribution in [2.45, 2.75) is 24.9 Å². The van der Waals surface area contributed by atoms with Crippen LogP contribution in [0.3, 0.4) is 0 Å². The Bertz CT molecular complexity index is 599. The fourth-order valence-corrected chi connectivity index (χ4v) is 2.73. The molecular formula is C12H15FNO6P. The summed E-state index contributed by atoms with van der Waals surface area (Å²) in [5.74, 6) is -4.54. The molecule has 0 heterocycles. The van der Waals surface area contributed by atoms with Gasteiger partial charge in [-0.15, -0.1) is 0 Å². The van der Waals surface area contributed by atoms with E-state index < -0.39 is 43.8 Å². The lowest BCUT2D eigenvalue weighted by molar-refractivity contribution is -0.140. The van der Waals surface area contributed by atoms with Gasteiger partial charge in [-0.25, -0.2) is 4.39 Å². The topological polar surface area (TPSA) is 138 Å². The third-order valence-corrected chi connectivity index (χ3v) is 3.62. The van der Waals surface area contributed by atoms with Crippen molar-refractivity contribution in [1.29, 1.82) is 0 Å². The van der Waals surface area contributed by atoms with Crippen LogP contribution in [0, 0.1) is 5.82 Å². The molecule has 21 heavy (non-hydrogen) atoms. The predicted octanol–water partition coefficient (Wildman–Crippen LogP) is 1.50. The van der Waals surface area contributed by atoms with Gasteiger partial charge in [0.05, 0.1) is 12.1 Å². The molecule has 0 bridgehead atoms. The number of hydrogen-bond acceptors (Lipinski definition) is 3. The van der Waals surface area contributed by atoms with E-state index in [1.807, 2.05) is 0 Å². The van der Waals surface area contributed by atoms with E-state index in [1.54, 1.807) is 0 Å². The van der Waals surface area contributed by atoms with E-state index in [2.05, 4.69) is 0 Å². The molecule has 2 unspecified atom stereocenters. The summed E-state index contributed by atoms with van der Waals surface area (Å²) < 4.78 is 24.6. The van der Waals surface area contributed by atoms with E-state index in [1.165, 1.54) is 6.07 Å². The molecule has 7 nitrogen and oxygen atoms in total. The number of benzene rings is 1. The zero-order valence-corrected chi connectivity index (χ0v) is 11.8.